The fourth-order valence-electron chi connectivity index (χ4n) is 5.08. The first-order valence-electron chi connectivity index (χ1n) is 13.3. The number of nitrogens with one attached hydrogen (secondary N) is 1. The van der Waals surface area contributed by atoms with Crippen molar-refractivity contribution in [3.63, 3.8) is 0 Å². The molecule has 0 aliphatic carbocycles. The number of benzene rings is 4. The standard InChI is InChI=1S/C33H29FN6/c1-3-21-13-16-29(34)28(19-21)30(37-24-14-15-26-23(20-24)17-18-36-31(26)35)33-38-32(39-40(33)2)27-12-8-7-11-25(27)22-9-5-4-6-10-22/h4-20,30,37H,3H2,1-2H3,(H2,35,36). The Bertz CT molecular complexity index is 1810. The van der Waals surface area contributed by atoms with E-state index < -0.39 is 6.04 Å². The van der Waals surface area contributed by atoms with Crippen LogP contribution in [0.15, 0.2) is 103 Å². The monoisotopic (exact) mass is 528 g/mol. The normalized spacial score (nSPS) is 12.0. The third kappa shape index (κ3) is 4.78. The minimum atomic E-state index is -0.599. The average molecular weight is 529 g/mol. The summed E-state index contributed by atoms with van der Waals surface area (Å²) in [6, 6.07) is 30.6. The molecule has 198 valence electrons. The smallest absolute Gasteiger partial charge is 0.182 e. The van der Waals surface area contributed by atoms with Gasteiger partial charge in [0, 0.05) is 35.4 Å². The molecule has 0 amide bonds. The molecular formula is C33H29FN6. The van der Waals surface area contributed by atoms with Crippen LogP contribution in [0, 0.1) is 5.82 Å². The Morgan fingerprint density at radius 3 is 2.48 bits per heavy atom. The van der Waals surface area contributed by atoms with Crippen molar-refractivity contribution in [1.29, 1.82) is 0 Å². The van der Waals surface area contributed by atoms with Gasteiger partial charge in [-0.15, -0.1) is 0 Å². The molecule has 2 heterocycles. The summed E-state index contributed by atoms with van der Waals surface area (Å²) < 4.78 is 17.2. The zero-order valence-corrected chi connectivity index (χ0v) is 22.3. The lowest BCUT2D eigenvalue weighted by atomic mass is 9.99. The van der Waals surface area contributed by atoms with E-state index in [1.165, 1.54) is 6.07 Å². The molecule has 1 unspecified atom stereocenters. The molecule has 0 fully saturated rings. The highest BCUT2D eigenvalue weighted by atomic mass is 19.1. The van der Waals surface area contributed by atoms with Crippen LogP contribution >= 0.6 is 0 Å². The maximum absolute atomic E-state index is 15.5. The van der Waals surface area contributed by atoms with E-state index in [0.29, 0.717) is 23.0 Å². The van der Waals surface area contributed by atoms with Crippen molar-refractivity contribution in [3.05, 3.63) is 126 Å². The van der Waals surface area contributed by atoms with Gasteiger partial charge in [-0.2, -0.15) is 5.10 Å². The maximum Gasteiger partial charge on any atom is 0.182 e. The summed E-state index contributed by atoms with van der Waals surface area (Å²) in [5, 5.41) is 10.2. The highest BCUT2D eigenvalue weighted by Gasteiger charge is 2.25. The molecule has 6 aromatic rings. The zero-order chi connectivity index (χ0) is 27.6. The summed E-state index contributed by atoms with van der Waals surface area (Å²) in [6.07, 6.45) is 2.47. The lowest BCUT2D eigenvalue weighted by Gasteiger charge is -2.21. The molecule has 4 aromatic carbocycles. The van der Waals surface area contributed by atoms with Crippen LogP contribution in [-0.4, -0.2) is 19.7 Å². The minimum Gasteiger partial charge on any atom is -0.383 e. The Balaban J connectivity index is 1.48. The third-order valence-electron chi connectivity index (χ3n) is 7.19. The number of halogens is 1. The first-order chi connectivity index (χ1) is 19.5. The highest BCUT2D eigenvalue weighted by molar-refractivity contribution is 5.93. The van der Waals surface area contributed by atoms with Gasteiger partial charge < -0.3 is 11.1 Å². The van der Waals surface area contributed by atoms with Crippen LogP contribution in [0.4, 0.5) is 15.9 Å². The molecule has 6 rings (SSSR count). The number of nitrogen functional groups attached to an aromatic ring is 1. The van der Waals surface area contributed by atoms with Crippen LogP contribution in [0.5, 0.6) is 0 Å². The number of rotatable bonds is 7. The number of aryl methyl sites for hydroxylation is 2. The van der Waals surface area contributed by atoms with Crippen molar-refractivity contribution in [2.24, 2.45) is 7.05 Å². The van der Waals surface area contributed by atoms with E-state index >= 15 is 4.39 Å². The SMILES string of the molecule is CCc1ccc(F)c(C(Nc2ccc3c(N)nccc3c2)c2nc(-c3ccccc3-c3ccccc3)nn2C)c1. The zero-order valence-electron chi connectivity index (χ0n) is 22.3. The van der Waals surface area contributed by atoms with Gasteiger partial charge in [0.25, 0.3) is 0 Å². The van der Waals surface area contributed by atoms with Crippen LogP contribution in [0.3, 0.4) is 0 Å². The molecule has 0 bridgehead atoms. The van der Waals surface area contributed by atoms with Gasteiger partial charge in [0.2, 0.25) is 0 Å². The molecule has 1 atom stereocenters. The number of hydrogen-bond donors (Lipinski definition) is 2. The van der Waals surface area contributed by atoms with Crippen LogP contribution in [-0.2, 0) is 13.5 Å². The lowest BCUT2D eigenvalue weighted by Crippen LogP contribution is -2.19. The molecule has 0 spiro atoms. The van der Waals surface area contributed by atoms with Crippen LogP contribution < -0.4 is 11.1 Å². The van der Waals surface area contributed by atoms with Crippen LogP contribution in [0.25, 0.3) is 33.3 Å². The highest BCUT2D eigenvalue weighted by Crippen LogP contribution is 2.34. The fourth-order valence-corrected chi connectivity index (χ4v) is 5.08. The van der Waals surface area contributed by atoms with E-state index in [2.05, 4.69) is 35.4 Å². The molecular weight excluding hydrogens is 499 g/mol. The number of nitrogens with two attached hydrogens (primary N) is 1. The van der Waals surface area contributed by atoms with Gasteiger partial charge in [-0.25, -0.2) is 14.4 Å². The predicted molar refractivity (Wildman–Crippen MR) is 159 cm³/mol. The van der Waals surface area contributed by atoms with E-state index in [1.807, 2.05) is 79.8 Å². The topological polar surface area (TPSA) is 81.7 Å². The Morgan fingerprint density at radius 2 is 1.68 bits per heavy atom. The summed E-state index contributed by atoms with van der Waals surface area (Å²) in [5.41, 5.74) is 11.4. The third-order valence-corrected chi connectivity index (χ3v) is 7.19. The Morgan fingerprint density at radius 1 is 0.900 bits per heavy atom. The van der Waals surface area contributed by atoms with Crippen LogP contribution in [0.2, 0.25) is 0 Å². The maximum atomic E-state index is 15.5. The van der Waals surface area contributed by atoms with E-state index in [9.17, 15) is 0 Å². The van der Waals surface area contributed by atoms with Gasteiger partial charge in [-0.1, -0.05) is 73.7 Å². The van der Waals surface area contributed by atoms with Gasteiger partial charge in [-0.05, 0) is 58.8 Å². The van der Waals surface area contributed by atoms with Gasteiger partial charge in [0.15, 0.2) is 11.6 Å². The summed E-state index contributed by atoms with van der Waals surface area (Å²) in [4.78, 5) is 9.19. The predicted octanol–water partition coefficient (Wildman–Crippen LogP) is 7.18. The minimum absolute atomic E-state index is 0.307. The van der Waals surface area contributed by atoms with Crippen molar-refractivity contribution in [2.45, 2.75) is 19.4 Å². The second-order valence-corrected chi connectivity index (χ2v) is 9.75. The van der Waals surface area contributed by atoms with Gasteiger partial charge >= 0.3 is 0 Å². The van der Waals surface area contributed by atoms with Crippen molar-refractivity contribution in [1.82, 2.24) is 19.7 Å². The molecule has 40 heavy (non-hydrogen) atoms. The molecule has 0 aliphatic heterocycles. The first-order valence-corrected chi connectivity index (χ1v) is 13.3. The number of pyridine rings is 1. The van der Waals surface area contributed by atoms with Crippen molar-refractivity contribution in [2.75, 3.05) is 11.1 Å². The largest absolute Gasteiger partial charge is 0.383 e. The molecule has 6 nitrogen and oxygen atoms in total. The van der Waals surface area contributed by atoms with Crippen LogP contribution in [0.1, 0.15) is 29.9 Å². The number of hydrogen-bond acceptors (Lipinski definition) is 5. The summed E-state index contributed by atoms with van der Waals surface area (Å²) in [7, 11) is 1.85. The summed E-state index contributed by atoms with van der Waals surface area (Å²) in [6.45, 7) is 2.06. The Hall–Kier alpha value is -5.04. The van der Waals surface area contributed by atoms with Crippen molar-refractivity contribution < 1.29 is 4.39 Å². The Labute approximate surface area is 232 Å². The summed E-state index contributed by atoms with van der Waals surface area (Å²) >= 11 is 0. The van der Waals surface area contributed by atoms with Gasteiger partial charge in [-0.3, -0.25) is 4.68 Å². The quantitative estimate of drug-likeness (QED) is 0.229. The molecule has 0 radical (unpaired) electrons. The van der Waals surface area contributed by atoms with E-state index in [0.717, 1.165) is 45.1 Å². The van der Waals surface area contributed by atoms with Gasteiger partial charge in [0.1, 0.15) is 17.7 Å². The van der Waals surface area contributed by atoms with Crippen molar-refractivity contribution >= 4 is 22.3 Å². The number of nitrogens with zero attached hydrogens (tertiary/aromatic N) is 4. The number of aromatic nitrogens is 4. The molecule has 2 aromatic heterocycles. The second kappa shape index (κ2) is 10.6. The second-order valence-electron chi connectivity index (χ2n) is 9.75. The lowest BCUT2D eigenvalue weighted by molar-refractivity contribution is 0.590. The Kier molecular flexibility index (Phi) is 6.70. The number of anilines is 2. The number of fused-ring (bicyclic) bond motifs is 1. The molecule has 0 aliphatic rings. The molecule has 3 N–H and O–H groups in total. The van der Waals surface area contributed by atoms with Gasteiger partial charge in [0.05, 0.1) is 0 Å². The molecule has 0 saturated heterocycles. The van der Waals surface area contributed by atoms with E-state index in [4.69, 9.17) is 15.8 Å². The fraction of sp³-hybridized carbons (Fsp3) is 0.121. The first kappa shape index (κ1) is 25.2. The van der Waals surface area contributed by atoms with E-state index in [-0.39, 0.29) is 5.82 Å². The van der Waals surface area contributed by atoms with E-state index in [1.54, 1.807) is 10.9 Å². The average Bonchev–Trinajstić information content (AvgIpc) is 3.38. The van der Waals surface area contributed by atoms with Crippen molar-refractivity contribution in [3.8, 4) is 22.5 Å². The molecule has 7 heteroatoms. The summed E-state index contributed by atoms with van der Waals surface area (Å²) in [5.74, 6) is 1.34. The molecule has 0 saturated carbocycles.